The second kappa shape index (κ2) is 11.9. The lowest BCUT2D eigenvalue weighted by molar-refractivity contribution is 0.0642. The molecule has 9 rings (SSSR count). The number of hydrogen-bond acceptors (Lipinski definition) is 5. The molecule has 53 heavy (non-hydrogen) atoms. The van der Waals surface area contributed by atoms with Crippen molar-refractivity contribution in [2.45, 2.75) is 64.6 Å². The lowest BCUT2D eigenvalue weighted by atomic mass is 9.52. The van der Waals surface area contributed by atoms with Crippen LogP contribution in [0.4, 0.5) is 0 Å². The molecule has 1 saturated carbocycles. The van der Waals surface area contributed by atoms with E-state index in [1.807, 2.05) is 36.4 Å². The second-order valence-electron chi connectivity index (χ2n) is 16.8. The Morgan fingerprint density at radius 3 is 1.92 bits per heavy atom. The molecule has 6 aromatic rings. The van der Waals surface area contributed by atoms with Gasteiger partial charge in [0.2, 0.25) is 0 Å². The van der Waals surface area contributed by atoms with Gasteiger partial charge in [0, 0.05) is 33.1 Å². The highest BCUT2D eigenvalue weighted by Gasteiger charge is 2.55. The van der Waals surface area contributed by atoms with Gasteiger partial charge in [-0.15, -0.1) is 0 Å². The smallest absolute Gasteiger partial charge is 0.178 e. The fourth-order valence-electron chi connectivity index (χ4n) is 10.7. The average molecular weight is 703 g/mol. The molecule has 1 fully saturated rings. The van der Waals surface area contributed by atoms with Crippen LogP contribution in [0.2, 0.25) is 0 Å². The maximum absolute atomic E-state index is 10.9. The van der Waals surface area contributed by atoms with Gasteiger partial charge in [0.1, 0.15) is 23.0 Å². The third-order valence-corrected chi connectivity index (χ3v) is 12.0. The second-order valence-corrected chi connectivity index (χ2v) is 16.8. The molecule has 0 amide bonds. The lowest BCUT2D eigenvalue weighted by Crippen LogP contribution is -2.44. The number of rotatable bonds is 6. The van der Waals surface area contributed by atoms with E-state index in [9.17, 15) is 5.11 Å². The Morgan fingerprint density at radius 1 is 0.698 bits per heavy atom. The predicted octanol–water partition coefficient (Wildman–Crippen LogP) is 11.5. The van der Waals surface area contributed by atoms with Crippen LogP contribution in [0.5, 0.6) is 17.2 Å². The summed E-state index contributed by atoms with van der Waals surface area (Å²) < 4.78 is 24.8. The van der Waals surface area contributed by atoms with Crippen molar-refractivity contribution in [1.29, 1.82) is 0 Å². The molecular formula is C48H46O5. The van der Waals surface area contributed by atoms with E-state index >= 15 is 0 Å². The summed E-state index contributed by atoms with van der Waals surface area (Å²) in [5, 5.41) is 13.0. The monoisotopic (exact) mass is 702 g/mol. The van der Waals surface area contributed by atoms with Crippen LogP contribution in [0, 0.1) is 10.8 Å². The Kier molecular flexibility index (Phi) is 7.52. The maximum Gasteiger partial charge on any atom is 0.178 e. The minimum atomic E-state index is -0.961. The Labute approximate surface area is 311 Å². The molecule has 0 unspecified atom stereocenters. The summed E-state index contributed by atoms with van der Waals surface area (Å²) in [5.41, 5.74) is 9.02. The van der Waals surface area contributed by atoms with E-state index < -0.39 is 5.60 Å². The van der Waals surface area contributed by atoms with Gasteiger partial charge in [-0.3, -0.25) is 0 Å². The highest BCUT2D eigenvalue weighted by molar-refractivity contribution is 6.10. The normalized spacial score (nSPS) is 18.2. The van der Waals surface area contributed by atoms with E-state index in [2.05, 4.69) is 101 Å². The van der Waals surface area contributed by atoms with E-state index in [0.717, 1.165) is 75.1 Å². The summed E-state index contributed by atoms with van der Waals surface area (Å²) in [4.78, 5) is 0. The third-order valence-electron chi connectivity index (χ3n) is 12.0. The molecule has 5 nitrogen and oxygen atoms in total. The van der Waals surface area contributed by atoms with Crippen LogP contribution in [0.3, 0.4) is 0 Å². The van der Waals surface area contributed by atoms with Crippen LogP contribution in [0.1, 0.15) is 80.3 Å². The van der Waals surface area contributed by atoms with Gasteiger partial charge >= 0.3 is 0 Å². The molecule has 1 spiro atoms. The first-order valence-electron chi connectivity index (χ1n) is 18.6. The number of fused-ring (bicyclic) bond motifs is 10. The largest absolute Gasteiger partial charge is 0.497 e. The average Bonchev–Trinajstić information content (AvgIpc) is 3.79. The van der Waals surface area contributed by atoms with Gasteiger partial charge in [-0.1, -0.05) is 82.3 Å². The van der Waals surface area contributed by atoms with Crippen LogP contribution in [-0.2, 0) is 17.6 Å². The van der Waals surface area contributed by atoms with Crippen LogP contribution in [-0.4, -0.2) is 19.3 Å². The van der Waals surface area contributed by atoms with E-state index in [1.165, 1.54) is 22.3 Å². The Hall–Kier alpha value is -5.26. The fourth-order valence-corrected chi connectivity index (χ4v) is 10.7. The molecule has 1 aromatic heterocycles. The number of methoxy groups -OCH3 is 2. The van der Waals surface area contributed by atoms with Gasteiger partial charge < -0.3 is 23.7 Å². The van der Waals surface area contributed by atoms with Crippen LogP contribution < -0.4 is 14.2 Å². The van der Waals surface area contributed by atoms with E-state index in [-0.39, 0.29) is 22.9 Å². The van der Waals surface area contributed by atoms with Gasteiger partial charge in [0.15, 0.2) is 5.60 Å². The topological polar surface area (TPSA) is 61.1 Å². The number of hydrogen-bond donors (Lipinski definition) is 1. The SMILES string of the molecule is COc1ccc(C2(c3ccc(OC)cc3)C=Cc3c4c(c5cc(CO)c(-c6ccco6)cc5c3O2)-c2ccccc2C42CC(C)(C)CC(C)(C)C2)cc1. The molecule has 0 saturated heterocycles. The number of ether oxygens (including phenoxy) is 3. The van der Waals surface area contributed by atoms with E-state index in [0.29, 0.717) is 5.76 Å². The van der Waals surface area contributed by atoms with Crippen molar-refractivity contribution >= 4 is 16.8 Å². The Balaban J connectivity index is 1.41. The molecule has 3 aliphatic rings. The molecule has 5 aromatic carbocycles. The van der Waals surface area contributed by atoms with Crippen molar-refractivity contribution < 1.29 is 23.7 Å². The molecule has 0 radical (unpaired) electrons. The summed E-state index contributed by atoms with van der Waals surface area (Å²) in [6.07, 6.45) is 9.47. The van der Waals surface area contributed by atoms with Crippen LogP contribution in [0.25, 0.3) is 39.3 Å². The highest BCUT2D eigenvalue weighted by atomic mass is 16.5. The summed E-state index contributed by atoms with van der Waals surface area (Å²) in [6.45, 7) is 9.64. The molecule has 0 atom stereocenters. The van der Waals surface area contributed by atoms with Gasteiger partial charge in [-0.2, -0.15) is 0 Å². The minimum Gasteiger partial charge on any atom is -0.497 e. The lowest BCUT2D eigenvalue weighted by Gasteiger charge is -2.52. The predicted molar refractivity (Wildman–Crippen MR) is 212 cm³/mol. The van der Waals surface area contributed by atoms with Crippen molar-refractivity contribution in [3.05, 3.63) is 143 Å². The zero-order valence-electron chi connectivity index (χ0n) is 31.4. The number of aliphatic hydroxyl groups is 1. The Bertz CT molecular complexity index is 2330. The summed E-state index contributed by atoms with van der Waals surface area (Å²) in [7, 11) is 3.38. The van der Waals surface area contributed by atoms with Crippen molar-refractivity contribution in [2.75, 3.05) is 14.2 Å². The number of benzene rings is 5. The molecule has 5 heteroatoms. The minimum absolute atomic E-state index is 0.104. The van der Waals surface area contributed by atoms with Gasteiger partial charge in [-0.05, 0) is 118 Å². The van der Waals surface area contributed by atoms with Crippen molar-refractivity contribution in [3.8, 4) is 39.7 Å². The van der Waals surface area contributed by atoms with E-state index in [4.69, 9.17) is 18.6 Å². The summed E-state index contributed by atoms with van der Waals surface area (Å²) >= 11 is 0. The molecule has 268 valence electrons. The molecule has 2 heterocycles. The first-order chi connectivity index (χ1) is 25.5. The first-order valence-corrected chi connectivity index (χ1v) is 18.6. The zero-order valence-corrected chi connectivity index (χ0v) is 31.4. The van der Waals surface area contributed by atoms with Gasteiger partial charge in [-0.25, -0.2) is 0 Å². The Morgan fingerprint density at radius 2 is 1.34 bits per heavy atom. The molecule has 2 aliphatic carbocycles. The van der Waals surface area contributed by atoms with Gasteiger partial charge in [0.25, 0.3) is 0 Å². The van der Waals surface area contributed by atoms with Crippen molar-refractivity contribution in [3.63, 3.8) is 0 Å². The molecule has 0 bridgehead atoms. The number of aliphatic hydroxyl groups excluding tert-OH is 1. The fraction of sp³-hybridized carbons (Fsp3) is 0.292. The van der Waals surface area contributed by atoms with E-state index in [1.54, 1.807) is 20.5 Å². The number of furan rings is 1. The van der Waals surface area contributed by atoms with Crippen molar-refractivity contribution in [2.24, 2.45) is 10.8 Å². The van der Waals surface area contributed by atoms with Crippen LogP contribution in [0.15, 0.2) is 114 Å². The first kappa shape index (κ1) is 33.6. The summed E-state index contributed by atoms with van der Waals surface area (Å²) in [6, 6.07) is 33.6. The van der Waals surface area contributed by atoms with Crippen LogP contribution >= 0.6 is 0 Å². The molecule has 1 aliphatic heterocycles. The van der Waals surface area contributed by atoms with Gasteiger partial charge in [0.05, 0.1) is 27.1 Å². The maximum atomic E-state index is 10.9. The highest BCUT2D eigenvalue weighted by Crippen LogP contribution is 2.67. The summed E-state index contributed by atoms with van der Waals surface area (Å²) in [5.74, 6) is 3.10. The quantitative estimate of drug-likeness (QED) is 0.187. The standard InChI is InChI=1S/C48H46O5/c1-45(2)27-46(3,4)29-47(28-45)40-11-8-7-10-35(40)42-38-24-30(26-49)37(41-12-9-23-52-41)25-39(38)44-36(43(42)47)21-22-48(53-44,31-13-17-33(50-5)18-14-31)32-15-19-34(51-6)20-16-32/h7-25,49H,26-29H2,1-6H3. The van der Waals surface area contributed by atoms with Crippen molar-refractivity contribution in [1.82, 2.24) is 0 Å². The molecule has 1 N–H and O–H groups in total. The zero-order chi connectivity index (χ0) is 36.8. The molecular weight excluding hydrogens is 657 g/mol. The third kappa shape index (κ3) is 5.08.